The van der Waals surface area contributed by atoms with Crippen LogP contribution in [-0.2, 0) is 9.59 Å². The summed E-state index contributed by atoms with van der Waals surface area (Å²) in [6.45, 7) is 5.32. The number of ether oxygens (including phenoxy) is 1. The number of piperazine rings is 1. The number of rotatable bonds is 11. The van der Waals surface area contributed by atoms with E-state index in [0.29, 0.717) is 52.5 Å². The number of fused-ring (bicyclic) bond motifs is 5. The average molecular weight is 876 g/mol. The van der Waals surface area contributed by atoms with E-state index >= 15 is 4.39 Å². The highest BCUT2D eigenvalue weighted by molar-refractivity contribution is 6.23. The van der Waals surface area contributed by atoms with Gasteiger partial charge in [0.1, 0.15) is 23.1 Å². The molecule has 2 bridgehead atoms. The Morgan fingerprint density at radius 2 is 1.66 bits per heavy atom. The molecule has 15 heteroatoms. The van der Waals surface area contributed by atoms with Crippen molar-refractivity contribution in [1.82, 2.24) is 35.4 Å². The number of halogens is 1. The lowest BCUT2D eigenvalue weighted by atomic mass is 9.95. The van der Waals surface area contributed by atoms with Gasteiger partial charge in [-0.05, 0) is 87.6 Å². The minimum absolute atomic E-state index is 0.0608. The fourth-order valence-electron chi connectivity index (χ4n) is 11.0. The second kappa shape index (κ2) is 16.2. The molecule has 0 radical (unpaired) electrons. The number of benzene rings is 3. The van der Waals surface area contributed by atoms with E-state index in [1.54, 1.807) is 18.3 Å². The standard InChI is InChI=1S/C50H50FN9O5/c1-3-30-6-4-7-31-8-5-9-36(41(30)31)43-42(51)44-38(23-52-43)45(59-25-32-10-11-33(26-59)53-32)56-49(55-44)65-28-50(18-19-50)27-57(2)24-29-16-20-58(21-17-29)34-12-13-35-37(22-34)48(64)60(47(35)63)39-14-15-40(61)54-46(39)62/h1,4-9,12-13,22-23,29,32-33,39,53H,10-11,14-21,24-28H2,2H3,(H,54,61,62). The second-order valence-electron chi connectivity index (χ2n) is 19.0. The van der Waals surface area contributed by atoms with E-state index in [9.17, 15) is 19.2 Å². The highest BCUT2D eigenvalue weighted by Gasteiger charge is 2.46. The molecule has 0 spiro atoms. The van der Waals surface area contributed by atoms with E-state index in [2.05, 4.69) is 38.3 Å². The SMILES string of the molecule is C#Cc1cccc2cccc(-c3ncc4c(N5CC6CCC(C5)N6)nc(OCC5(CN(C)CC6CCN(c7ccc8c(c7)C(=O)N(C7CCC(=O)NC7=O)C8=O)CC6)CC5)nc4c3F)c12. The molecule has 4 amide bonds. The number of carbonyl (C=O) groups is 4. The first-order chi connectivity index (χ1) is 31.5. The van der Waals surface area contributed by atoms with Crippen molar-refractivity contribution in [1.29, 1.82) is 0 Å². The number of piperidine rings is 2. The van der Waals surface area contributed by atoms with Gasteiger partial charge in [0.25, 0.3) is 11.8 Å². The van der Waals surface area contributed by atoms with Crippen LogP contribution in [0.25, 0.3) is 32.9 Å². The van der Waals surface area contributed by atoms with Crippen LogP contribution in [-0.4, -0.2) is 119 Å². The summed E-state index contributed by atoms with van der Waals surface area (Å²) >= 11 is 0. The van der Waals surface area contributed by atoms with Crippen molar-refractivity contribution in [3.05, 3.63) is 83.3 Å². The number of nitrogens with one attached hydrogen (secondary N) is 2. The molecule has 5 aromatic rings. The van der Waals surface area contributed by atoms with Crippen molar-refractivity contribution in [3.8, 4) is 29.6 Å². The van der Waals surface area contributed by atoms with Crippen LogP contribution in [0.4, 0.5) is 15.9 Å². The van der Waals surface area contributed by atoms with E-state index in [-0.39, 0.29) is 41.0 Å². The fraction of sp³-hybridized carbons (Fsp3) is 0.420. The molecule has 14 nitrogen and oxygen atoms in total. The van der Waals surface area contributed by atoms with Gasteiger partial charge in [0, 0.05) is 91.6 Å². The Morgan fingerprint density at radius 3 is 2.40 bits per heavy atom. The predicted octanol–water partition coefficient (Wildman–Crippen LogP) is 5.31. The summed E-state index contributed by atoms with van der Waals surface area (Å²) in [5.41, 5.74) is 3.04. The van der Waals surface area contributed by atoms with Gasteiger partial charge in [-0.1, -0.05) is 36.3 Å². The normalized spacial score (nSPS) is 22.8. The summed E-state index contributed by atoms with van der Waals surface area (Å²) in [4.78, 5) is 73.3. The van der Waals surface area contributed by atoms with Crippen molar-refractivity contribution in [2.75, 3.05) is 62.7 Å². The summed E-state index contributed by atoms with van der Waals surface area (Å²) in [5.74, 6) is 1.34. The van der Waals surface area contributed by atoms with Crippen molar-refractivity contribution in [2.24, 2.45) is 11.3 Å². The van der Waals surface area contributed by atoms with E-state index in [1.165, 1.54) is 0 Å². The molecule has 2 aromatic heterocycles. The molecule has 1 saturated carbocycles. The van der Waals surface area contributed by atoms with Gasteiger partial charge in [0.15, 0.2) is 5.82 Å². The first kappa shape index (κ1) is 41.2. The molecule has 3 aromatic carbocycles. The lowest BCUT2D eigenvalue weighted by molar-refractivity contribution is -0.136. The molecular formula is C50H50FN9O5. The topological polar surface area (TPSA) is 153 Å². The molecule has 5 aliphatic heterocycles. The van der Waals surface area contributed by atoms with Gasteiger partial charge in [0.05, 0.1) is 23.1 Å². The van der Waals surface area contributed by atoms with E-state index in [0.717, 1.165) is 99.2 Å². The molecule has 3 unspecified atom stereocenters. The van der Waals surface area contributed by atoms with Crippen LogP contribution in [0.5, 0.6) is 6.01 Å². The molecular weight excluding hydrogens is 826 g/mol. The van der Waals surface area contributed by atoms with Crippen molar-refractivity contribution in [2.45, 2.75) is 69.5 Å². The summed E-state index contributed by atoms with van der Waals surface area (Å²) in [7, 11) is 2.16. The zero-order chi connectivity index (χ0) is 44.6. The fourth-order valence-corrected chi connectivity index (χ4v) is 11.0. The molecule has 5 fully saturated rings. The third-order valence-electron chi connectivity index (χ3n) is 14.5. The molecule has 3 atom stereocenters. The Labute approximate surface area is 375 Å². The molecule has 332 valence electrons. The number of hydrogen-bond acceptors (Lipinski definition) is 12. The Bertz CT molecular complexity index is 2830. The Balaban J connectivity index is 0.763. The average Bonchev–Trinajstić information content (AvgIpc) is 3.93. The van der Waals surface area contributed by atoms with E-state index in [1.807, 2.05) is 42.5 Å². The third kappa shape index (κ3) is 7.52. The van der Waals surface area contributed by atoms with Crippen molar-refractivity contribution in [3.63, 3.8) is 0 Å². The third-order valence-corrected chi connectivity index (χ3v) is 14.5. The number of anilines is 2. The Hall–Kier alpha value is -6.50. The first-order valence-corrected chi connectivity index (χ1v) is 22.8. The summed E-state index contributed by atoms with van der Waals surface area (Å²) in [6, 6.07) is 16.6. The Kier molecular flexibility index (Phi) is 10.3. The van der Waals surface area contributed by atoms with Crippen LogP contribution < -0.4 is 25.2 Å². The van der Waals surface area contributed by atoms with Crippen LogP contribution >= 0.6 is 0 Å². The molecule has 4 saturated heterocycles. The number of amides is 4. The van der Waals surface area contributed by atoms with Crippen LogP contribution in [0.2, 0.25) is 0 Å². The summed E-state index contributed by atoms with van der Waals surface area (Å²) in [6.07, 6.45) is 14.0. The van der Waals surface area contributed by atoms with Gasteiger partial charge >= 0.3 is 6.01 Å². The molecule has 6 aliphatic rings. The number of nitrogens with zero attached hydrogens (tertiary/aromatic N) is 7. The van der Waals surface area contributed by atoms with Crippen LogP contribution in [0.1, 0.15) is 77.6 Å². The monoisotopic (exact) mass is 875 g/mol. The van der Waals surface area contributed by atoms with Gasteiger partial charge in [-0.25, -0.2) is 4.39 Å². The molecule has 65 heavy (non-hydrogen) atoms. The largest absolute Gasteiger partial charge is 0.463 e. The lowest BCUT2D eigenvalue weighted by Gasteiger charge is -2.36. The summed E-state index contributed by atoms with van der Waals surface area (Å²) in [5, 5.41) is 8.17. The number of imide groups is 2. The van der Waals surface area contributed by atoms with Crippen molar-refractivity contribution >= 4 is 56.8 Å². The van der Waals surface area contributed by atoms with Gasteiger partial charge in [-0.3, -0.25) is 34.4 Å². The second-order valence-corrected chi connectivity index (χ2v) is 19.0. The summed E-state index contributed by atoms with van der Waals surface area (Å²) < 4.78 is 23.6. The van der Waals surface area contributed by atoms with Crippen molar-refractivity contribution < 1.29 is 28.3 Å². The van der Waals surface area contributed by atoms with E-state index < -0.39 is 35.5 Å². The van der Waals surface area contributed by atoms with Gasteiger partial charge < -0.3 is 24.8 Å². The van der Waals surface area contributed by atoms with Gasteiger partial charge in [-0.2, -0.15) is 9.97 Å². The number of aromatic nitrogens is 3. The predicted molar refractivity (Wildman–Crippen MR) is 243 cm³/mol. The molecule has 7 heterocycles. The molecule has 1 aliphatic carbocycles. The zero-order valence-corrected chi connectivity index (χ0v) is 36.3. The number of carbonyl (C=O) groups excluding carboxylic acids is 4. The number of hydrogen-bond donors (Lipinski definition) is 2. The smallest absolute Gasteiger partial charge is 0.319 e. The Morgan fingerprint density at radius 1 is 0.908 bits per heavy atom. The minimum atomic E-state index is -0.989. The van der Waals surface area contributed by atoms with Gasteiger partial charge in [-0.15, -0.1) is 6.42 Å². The van der Waals surface area contributed by atoms with Crippen LogP contribution in [0, 0.1) is 29.5 Å². The maximum Gasteiger partial charge on any atom is 0.319 e. The number of terminal acetylenes is 1. The maximum atomic E-state index is 17.0. The van der Waals surface area contributed by atoms with Gasteiger partial charge in [0.2, 0.25) is 11.8 Å². The molecule has 11 rings (SSSR count). The number of pyridine rings is 1. The molecule has 2 N–H and O–H groups in total. The van der Waals surface area contributed by atoms with E-state index in [4.69, 9.17) is 26.1 Å². The zero-order valence-electron chi connectivity index (χ0n) is 36.3. The van der Waals surface area contributed by atoms with Crippen LogP contribution in [0.15, 0.2) is 60.8 Å². The minimum Gasteiger partial charge on any atom is -0.463 e. The quantitative estimate of drug-likeness (QED) is 0.131. The lowest BCUT2D eigenvalue weighted by Crippen LogP contribution is -2.54. The van der Waals surface area contributed by atoms with Crippen LogP contribution in [0.3, 0.4) is 0 Å². The maximum absolute atomic E-state index is 17.0. The highest BCUT2D eigenvalue weighted by Crippen LogP contribution is 2.47. The highest BCUT2D eigenvalue weighted by atomic mass is 19.1. The first-order valence-electron chi connectivity index (χ1n) is 22.8.